The van der Waals surface area contributed by atoms with Gasteiger partial charge in [0.1, 0.15) is 0 Å². The third-order valence-electron chi connectivity index (χ3n) is 2.33. The SMILES string of the molecule is CCc1cc(CC)n(-c2cccnn2)n1. The van der Waals surface area contributed by atoms with Crippen molar-refractivity contribution < 1.29 is 0 Å². The molecule has 0 radical (unpaired) electrons. The first-order valence-electron chi connectivity index (χ1n) is 5.21. The van der Waals surface area contributed by atoms with Crippen LogP contribution in [-0.4, -0.2) is 20.0 Å². The topological polar surface area (TPSA) is 43.6 Å². The summed E-state index contributed by atoms with van der Waals surface area (Å²) in [6.45, 7) is 4.21. The Morgan fingerprint density at radius 3 is 2.73 bits per heavy atom. The summed E-state index contributed by atoms with van der Waals surface area (Å²) in [5.41, 5.74) is 2.27. The van der Waals surface area contributed by atoms with Gasteiger partial charge in [0, 0.05) is 11.9 Å². The van der Waals surface area contributed by atoms with Crippen molar-refractivity contribution in [3.8, 4) is 5.82 Å². The minimum absolute atomic E-state index is 0.786. The van der Waals surface area contributed by atoms with Gasteiger partial charge < -0.3 is 0 Å². The van der Waals surface area contributed by atoms with E-state index in [4.69, 9.17) is 0 Å². The molecule has 78 valence electrons. The molecule has 0 N–H and O–H groups in total. The van der Waals surface area contributed by atoms with E-state index in [9.17, 15) is 0 Å². The molecule has 0 fully saturated rings. The predicted octanol–water partition coefficient (Wildman–Crippen LogP) is 1.79. The van der Waals surface area contributed by atoms with Gasteiger partial charge in [-0.2, -0.15) is 10.2 Å². The lowest BCUT2D eigenvalue weighted by Gasteiger charge is -2.02. The molecule has 4 nitrogen and oxygen atoms in total. The van der Waals surface area contributed by atoms with Gasteiger partial charge in [-0.25, -0.2) is 4.68 Å². The van der Waals surface area contributed by atoms with E-state index >= 15 is 0 Å². The van der Waals surface area contributed by atoms with Crippen LogP contribution >= 0.6 is 0 Å². The van der Waals surface area contributed by atoms with Gasteiger partial charge in [0.05, 0.1) is 5.69 Å². The second kappa shape index (κ2) is 4.21. The number of hydrogen-bond donors (Lipinski definition) is 0. The number of hydrogen-bond acceptors (Lipinski definition) is 3. The minimum atomic E-state index is 0.786. The number of rotatable bonds is 3. The summed E-state index contributed by atoms with van der Waals surface area (Å²) in [6.07, 6.45) is 3.56. The molecule has 4 heteroatoms. The molecule has 2 aromatic heterocycles. The fraction of sp³-hybridized carbons (Fsp3) is 0.364. The second-order valence-electron chi connectivity index (χ2n) is 3.33. The summed E-state index contributed by atoms with van der Waals surface area (Å²) in [4.78, 5) is 0. The van der Waals surface area contributed by atoms with Gasteiger partial charge in [0.2, 0.25) is 0 Å². The highest BCUT2D eigenvalue weighted by atomic mass is 15.3. The van der Waals surface area contributed by atoms with Crippen LogP contribution in [0.5, 0.6) is 0 Å². The molecule has 0 saturated carbocycles. The molecule has 2 heterocycles. The third kappa shape index (κ3) is 1.88. The van der Waals surface area contributed by atoms with E-state index in [0.717, 1.165) is 24.4 Å². The van der Waals surface area contributed by atoms with Crippen molar-refractivity contribution >= 4 is 0 Å². The van der Waals surface area contributed by atoms with Gasteiger partial charge in [0.25, 0.3) is 0 Å². The molecule has 0 bridgehead atoms. The molecule has 0 amide bonds. The Kier molecular flexibility index (Phi) is 2.76. The molecule has 0 spiro atoms. The molecule has 0 unspecified atom stereocenters. The van der Waals surface area contributed by atoms with Crippen molar-refractivity contribution in [3.63, 3.8) is 0 Å². The first kappa shape index (κ1) is 9.83. The number of aryl methyl sites for hydroxylation is 2. The van der Waals surface area contributed by atoms with Crippen LogP contribution in [0.2, 0.25) is 0 Å². The zero-order chi connectivity index (χ0) is 10.7. The summed E-state index contributed by atoms with van der Waals surface area (Å²) in [7, 11) is 0. The quantitative estimate of drug-likeness (QED) is 0.762. The summed E-state index contributed by atoms with van der Waals surface area (Å²) in [5.74, 6) is 0.786. The summed E-state index contributed by atoms with van der Waals surface area (Å²) >= 11 is 0. The second-order valence-corrected chi connectivity index (χ2v) is 3.33. The van der Waals surface area contributed by atoms with Crippen molar-refractivity contribution in [1.82, 2.24) is 20.0 Å². The highest BCUT2D eigenvalue weighted by Gasteiger charge is 2.07. The normalized spacial score (nSPS) is 10.5. The van der Waals surface area contributed by atoms with Gasteiger partial charge in [0.15, 0.2) is 5.82 Å². The number of nitrogens with zero attached hydrogens (tertiary/aromatic N) is 4. The van der Waals surface area contributed by atoms with Gasteiger partial charge in [-0.1, -0.05) is 13.8 Å². The molecule has 0 aliphatic heterocycles. The van der Waals surface area contributed by atoms with Crippen LogP contribution in [0.1, 0.15) is 25.2 Å². The monoisotopic (exact) mass is 202 g/mol. The Balaban J connectivity index is 2.47. The minimum Gasteiger partial charge on any atom is -0.217 e. The Hall–Kier alpha value is -1.71. The van der Waals surface area contributed by atoms with Crippen LogP contribution in [0, 0.1) is 0 Å². The molecule has 2 rings (SSSR count). The lowest BCUT2D eigenvalue weighted by atomic mass is 10.2. The summed E-state index contributed by atoms with van der Waals surface area (Å²) < 4.78 is 1.87. The highest BCUT2D eigenvalue weighted by Crippen LogP contribution is 2.10. The molecule has 0 aliphatic carbocycles. The molecule has 15 heavy (non-hydrogen) atoms. The van der Waals surface area contributed by atoms with Crippen molar-refractivity contribution in [2.75, 3.05) is 0 Å². The molecule has 0 aromatic carbocycles. The molecule has 2 aromatic rings. The fourth-order valence-corrected chi connectivity index (χ4v) is 1.50. The first-order valence-corrected chi connectivity index (χ1v) is 5.21. The maximum atomic E-state index is 4.48. The van der Waals surface area contributed by atoms with E-state index in [0.29, 0.717) is 0 Å². The van der Waals surface area contributed by atoms with Crippen LogP contribution < -0.4 is 0 Å². The Morgan fingerprint density at radius 2 is 2.13 bits per heavy atom. The van der Waals surface area contributed by atoms with Crippen LogP contribution in [0.15, 0.2) is 24.4 Å². The zero-order valence-electron chi connectivity index (χ0n) is 9.01. The third-order valence-corrected chi connectivity index (χ3v) is 2.33. The Bertz CT molecular complexity index is 433. The van der Waals surface area contributed by atoms with Gasteiger partial charge in [-0.15, -0.1) is 5.10 Å². The van der Waals surface area contributed by atoms with Crippen molar-refractivity contribution in [3.05, 3.63) is 35.8 Å². The molecular weight excluding hydrogens is 188 g/mol. The Morgan fingerprint density at radius 1 is 1.27 bits per heavy atom. The van der Waals surface area contributed by atoms with Gasteiger partial charge in [-0.05, 0) is 31.0 Å². The van der Waals surface area contributed by atoms with Crippen LogP contribution in [0.4, 0.5) is 0 Å². The predicted molar refractivity (Wildman–Crippen MR) is 57.9 cm³/mol. The molecule has 0 atom stereocenters. The van der Waals surface area contributed by atoms with E-state index in [1.165, 1.54) is 5.69 Å². The molecule has 0 aliphatic rings. The maximum Gasteiger partial charge on any atom is 0.175 e. The van der Waals surface area contributed by atoms with Crippen LogP contribution in [0.25, 0.3) is 5.82 Å². The average Bonchev–Trinajstić information content (AvgIpc) is 2.73. The smallest absolute Gasteiger partial charge is 0.175 e. The van der Waals surface area contributed by atoms with E-state index in [2.05, 4.69) is 35.2 Å². The number of aromatic nitrogens is 4. The highest BCUT2D eigenvalue weighted by molar-refractivity contribution is 5.24. The fourth-order valence-electron chi connectivity index (χ4n) is 1.50. The van der Waals surface area contributed by atoms with Crippen molar-refractivity contribution in [1.29, 1.82) is 0 Å². The van der Waals surface area contributed by atoms with Crippen LogP contribution in [-0.2, 0) is 12.8 Å². The summed E-state index contributed by atoms with van der Waals surface area (Å²) in [5, 5.41) is 12.4. The standard InChI is InChI=1S/C11H14N4/c1-3-9-8-10(4-2)15(14-9)11-6-5-7-12-13-11/h5-8H,3-4H2,1-2H3. The van der Waals surface area contributed by atoms with Gasteiger partial charge in [-0.3, -0.25) is 0 Å². The van der Waals surface area contributed by atoms with Crippen LogP contribution in [0.3, 0.4) is 0 Å². The van der Waals surface area contributed by atoms with E-state index in [-0.39, 0.29) is 0 Å². The van der Waals surface area contributed by atoms with E-state index < -0.39 is 0 Å². The summed E-state index contributed by atoms with van der Waals surface area (Å²) in [6, 6.07) is 5.91. The van der Waals surface area contributed by atoms with Crippen molar-refractivity contribution in [2.24, 2.45) is 0 Å². The first-order chi connectivity index (χ1) is 7.35. The lowest BCUT2D eigenvalue weighted by Crippen LogP contribution is -2.04. The largest absolute Gasteiger partial charge is 0.217 e. The lowest BCUT2D eigenvalue weighted by molar-refractivity contribution is 0.754. The van der Waals surface area contributed by atoms with E-state index in [1.54, 1.807) is 6.20 Å². The van der Waals surface area contributed by atoms with Crippen molar-refractivity contribution in [2.45, 2.75) is 26.7 Å². The average molecular weight is 202 g/mol. The molecular formula is C11H14N4. The maximum absolute atomic E-state index is 4.48. The Labute approximate surface area is 89.0 Å². The van der Waals surface area contributed by atoms with Gasteiger partial charge >= 0.3 is 0 Å². The zero-order valence-corrected chi connectivity index (χ0v) is 9.01. The molecule has 0 saturated heterocycles. The van der Waals surface area contributed by atoms with E-state index in [1.807, 2.05) is 16.8 Å².